The van der Waals surface area contributed by atoms with Crippen LogP contribution in [0, 0.1) is 0 Å². The highest BCUT2D eigenvalue weighted by atomic mass is 16.3. The molecule has 6 heteroatoms. The molecule has 108 valence electrons. The van der Waals surface area contributed by atoms with Crippen molar-refractivity contribution in [2.75, 3.05) is 0 Å². The average molecular weight is 293 g/mol. The lowest BCUT2D eigenvalue weighted by Crippen LogP contribution is -2.18. The number of nitrogens with one attached hydrogen (secondary N) is 1. The van der Waals surface area contributed by atoms with Gasteiger partial charge in [0.15, 0.2) is 0 Å². The number of amides is 1. The van der Waals surface area contributed by atoms with Gasteiger partial charge in [-0.15, -0.1) is 0 Å². The standard InChI is InChI=1S/C16H11N3O3/c20-15-12(10-22-14-6-2-1-5-13(14)15)9-18-19-16(21)11-4-3-7-17-8-11/h1-10H,(H,19,21). The normalized spacial score (nSPS) is 10.9. The largest absolute Gasteiger partial charge is 0.463 e. The van der Waals surface area contributed by atoms with E-state index in [1.165, 1.54) is 18.7 Å². The number of carbonyl (C=O) groups is 1. The maximum absolute atomic E-state index is 12.2. The summed E-state index contributed by atoms with van der Waals surface area (Å²) in [5.41, 5.74) is 3.26. The first-order valence-corrected chi connectivity index (χ1v) is 6.49. The van der Waals surface area contributed by atoms with E-state index in [2.05, 4.69) is 15.5 Å². The van der Waals surface area contributed by atoms with Gasteiger partial charge in [0.05, 0.1) is 22.7 Å². The first kappa shape index (κ1) is 13.7. The summed E-state index contributed by atoms with van der Waals surface area (Å²) in [6.07, 6.45) is 5.56. The molecule has 0 radical (unpaired) electrons. The van der Waals surface area contributed by atoms with Gasteiger partial charge in [0.2, 0.25) is 5.43 Å². The maximum atomic E-state index is 12.2. The number of para-hydroxylation sites is 1. The van der Waals surface area contributed by atoms with Gasteiger partial charge in [-0.2, -0.15) is 5.10 Å². The fourth-order valence-corrected chi connectivity index (χ4v) is 1.90. The molecule has 2 heterocycles. The van der Waals surface area contributed by atoms with Crippen LogP contribution in [0.2, 0.25) is 0 Å². The van der Waals surface area contributed by atoms with Crippen LogP contribution in [0.15, 0.2) is 69.4 Å². The van der Waals surface area contributed by atoms with E-state index in [1.807, 2.05) is 0 Å². The van der Waals surface area contributed by atoms with Crippen molar-refractivity contribution >= 4 is 23.1 Å². The Balaban J connectivity index is 1.80. The Morgan fingerprint density at radius 1 is 1.23 bits per heavy atom. The van der Waals surface area contributed by atoms with E-state index in [4.69, 9.17) is 4.42 Å². The number of carbonyl (C=O) groups excluding carboxylic acids is 1. The van der Waals surface area contributed by atoms with E-state index in [0.29, 0.717) is 16.5 Å². The Labute approximate surface area is 125 Å². The average Bonchev–Trinajstić information content (AvgIpc) is 2.58. The molecule has 0 unspecified atom stereocenters. The van der Waals surface area contributed by atoms with E-state index in [-0.39, 0.29) is 11.0 Å². The van der Waals surface area contributed by atoms with Gasteiger partial charge in [0.25, 0.3) is 5.91 Å². The van der Waals surface area contributed by atoms with Gasteiger partial charge in [-0.25, -0.2) is 5.43 Å². The monoisotopic (exact) mass is 293 g/mol. The van der Waals surface area contributed by atoms with Crippen LogP contribution in [0.3, 0.4) is 0 Å². The second kappa shape index (κ2) is 6.01. The molecule has 0 aliphatic rings. The van der Waals surface area contributed by atoms with Gasteiger partial charge in [-0.05, 0) is 24.3 Å². The lowest BCUT2D eigenvalue weighted by molar-refractivity contribution is 0.0955. The molecule has 0 saturated heterocycles. The summed E-state index contributed by atoms with van der Waals surface area (Å²) in [4.78, 5) is 27.8. The molecule has 2 aromatic heterocycles. The predicted octanol–water partition coefficient (Wildman–Crippen LogP) is 1.95. The van der Waals surface area contributed by atoms with E-state index >= 15 is 0 Å². The van der Waals surface area contributed by atoms with Crippen molar-refractivity contribution < 1.29 is 9.21 Å². The third-order valence-corrected chi connectivity index (χ3v) is 3.00. The van der Waals surface area contributed by atoms with Gasteiger partial charge in [0.1, 0.15) is 11.8 Å². The summed E-state index contributed by atoms with van der Waals surface area (Å²) >= 11 is 0. The van der Waals surface area contributed by atoms with E-state index < -0.39 is 5.91 Å². The van der Waals surface area contributed by atoms with Crippen LogP contribution in [0.4, 0.5) is 0 Å². The second-order valence-corrected chi connectivity index (χ2v) is 4.46. The Kier molecular flexibility index (Phi) is 3.74. The lowest BCUT2D eigenvalue weighted by Gasteiger charge is -1.99. The van der Waals surface area contributed by atoms with Crippen LogP contribution in [-0.2, 0) is 0 Å². The van der Waals surface area contributed by atoms with E-state index in [1.54, 1.807) is 42.6 Å². The highest BCUT2D eigenvalue weighted by Gasteiger charge is 2.05. The van der Waals surface area contributed by atoms with Crippen LogP contribution in [-0.4, -0.2) is 17.1 Å². The molecule has 0 spiro atoms. The minimum atomic E-state index is -0.408. The predicted molar refractivity (Wildman–Crippen MR) is 81.8 cm³/mol. The van der Waals surface area contributed by atoms with Crippen molar-refractivity contribution in [2.24, 2.45) is 5.10 Å². The lowest BCUT2D eigenvalue weighted by atomic mass is 10.2. The highest BCUT2D eigenvalue weighted by Crippen LogP contribution is 2.09. The third kappa shape index (κ3) is 2.76. The Morgan fingerprint density at radius 2 is 2.09 bits per heavy atom. The molecule has 1 aromatic carbocycles. The zero-order valence-corrected chi connectivity index (χ0v) is 11.4. The van der Waals surface area contributed by atoms with Crippen LogP contribution in [0.1, 0.15) is 15.9 Å². The maximum Gasteiger partial charge on any atom is 0.272 e. The molecule has 0 atom stereocenters. The molecule has 3 rings (SSSR count). The number of rotatable bonds is 3. The molecular formula is C16H11N3O3. The molecule has 0 fully saturated rings. The Bertz CT molecular complexity index is 901. The van der Waals surface area contributed by atoms with Crippen molar-refractivity contribution in [3.63, 3.8) is 0 Å². The SMILES string of the molecule is O=C(NN=Cc1coc2ccccc2c1=O)c1cccnc1. The number of nitrogens with zero attached hydrogens (tertiary/aromatic N) is 2. The smallest absolute Gasteiger partial charge is 0.272 e. The molecular weight excluding hydrogens is 282 g/mol. The molecule has 6 nitrogen and oxygen atoms in total. The van der Waals surface area contributed by atoms with Crippen molar-refractivity contribution in [3.8, 4) is 0 Å². The zero-order valence-electron chi connectivity index (χ0n) is 11.4. The van der Waals surface area contributed by atoms with E-state index in [9.17, 15) is 9.59 Å². The first-order valence-electron chi connectivity index (χ1n) is 6.49. The zero-order chi connectivity index (χ0) is 15.4. The first-order chi connectivity index (χ1) is 10.8. The highest BCUT2D eigenvalue weighted by molar-refractivity contribution is 5.94. The van der Waals surface area contributed by atoms with E-state index in [0.717, 1.165) is 0 Å². The minimum Gasteiger partial charge on any atom is -0.463 e. The van der Waals surface area contributed by atoms with Gasteiger partial charge in [-0.1, -0.05) is 12.1 Å². The quantitative estimate of drug-likeness (QED) is 0.591. The Hall–Kier alpha value is -3.28. The third-order valence-electron chi connectivity index (χ3n) is 3.00. The number of hydrogen-bond donors (Lipinski definition) is 1. The molecule has 1 amide bonds. The molecule has 3 aromatic rings. The Morgan fingerprint density at radius 3 is 2.91 bits per heavy atom. The number of benzene rings is 1. The van der Waals surface area contributed by atoms with Crippen LogP contribution >= 0.6 is 0 Å². The van der Waals surface area contributed by atoms with Crippen molar-refractivity contribution in [2.45, 2.75) is 0 Å². The minimum absolute atomic E-state index is 0.207. The van der Waals surface area contributed by atoms with Gasteiger partial charge < -0.3 is 4.42 Å². The van der Waals surface area contributed by atoms with Gasteiger partial charge in [0, 0.05) is 12.4 Å². The summed E-state index contributed by atoms with van der Waals surface area (Å²) in [5, 5.41) is 4.24. The fraction of sp³-hybridized carbons (Fsp3) is 0. The molecule has 1 N–H and O–H groups in total. The van der Waals surface area contributed by atoms with Crippen LogP contribution in [0.5, 0.6) is 0 Å². The molecule has 22 heavy (non-hydrogen) atoms. The van der Waals surface area contributed by atoms with Gasteiger partial charge >= 0.3 is 0 Å². The van der Waals surface area contributed by atoms with Crippen molar-refractivity contribution in [1.82, 2.24) is 10.4 Å². The van der Waals surface area contributed by atoms with Crippen molar-refractivity contribution in [3.05, 3.63) is 76.4 Å². The molecule has 0 bridgehead atoms. The summed E-state index contributed by atoms with van der Waals surface area (Å²) in [5.74, 6) is -0.408. The topological polar surface area (TPSA) is 84.6 Å². The second-order valence-electron chi connectivity index (χ2n) is 4.46. The number of aromatic nitrogens is 1. The van der Waals surface area contributed by atoms with Crippen molar-refractivity contribution in [1.29, 1.82) is 0 Å². The van der Waals surface area contributed by atoms with Crippen LogP contribution < -0.4 is 10.9 Å². The number of hydrazone groups is 1. The summed E-state index contributed by atoms with van der Waals surface area (Å²) in [6.45, 7) is 0. The molecule has 0 aliphatic carbocycles. The number of fused-ring (bicyclic) bond motifs is 1. The summed E-state index contributed by atoms with van der Waals surface area (Å²) < 4.78 is 5.35. The number of hydrogen-bond acceptors (Lipinski definition) is 5. The van der Waals surface area contributed by atoms with Gasteiger partial charge in [-0.3, -0.25) is 14.6 Å². The molecule has 0 aliphatic heterocycles. The van der Waals surface area contributed by atoms with Crippen LogP contribution in [0.25, 0.3) is 11.0 Å². The molecule has 0 saturated carbocycles. The summed E-state index contributed by atoms with van der Waals surface area (Å²) in [6, 6.07) is 10.2. The fourth-order valence-electron chi connectivity index (χ4n) is 1.90. The number of pyridine rings is 1. The summed E-state index contributed by atoms with van der Waals surface area (Å²) in [7, 11) is 0.